The summed E-state index contributed by atoms with van der Waals surface area (Å²) in [6, 6.07) is 0.651. The Kier molecular flexibility index (Phi) is 5.04. The smallest absolute Gasteiger partial charge is 0.227 e. The lowest BCUT2D eigenvalue weighted by Gasteiger charge is -2.29. The number of aromatic nitrogens is 2. The van der Waals surface area contributed by atoms with Crippen molar-refractivity contribution in [3.63, 3.8) is 0 Å². The van der Waals surface area contributed by atoms with Crippen LogP contribution < -0.4 is 0 Å². The fourth-order valence-corrected chi connectivity index (χ4v) is 6.81. The van der Waals surface area contributed by atoms with Gasteiger partial charge in [-0.25, -0.2) is 13.4 Å². The molecule has 1 saturated heterocycles. The molecule has 5 rings (SSSR count). The van der Waals surface area contributed by atoms with Gasteiger partial charge in [0.25, 0.3) is 0 Å². The highest BCUT2D eigenvalue weighted by molar-refractivity contribution is 7.91. The largest absolute Gasteiger partial charge is 0.376 e. The van der Waals surface area contributed by atoms with Crippen molar-refractivity contribution in [2.75, 3.05) is 19.4 Å². The lowest BCUT2D eigenvalue weighted by molar-refractivity contribution is 0.0926. The van der Waals surface area contributed by atoms with Crippen LogP contribution in [0.4, 0.5) is 0 Å². The summed E-state index contributed by atoms with van der Waals surface area (Å²) in [6.07, 6.45) is 11.4. The summed E-state index contributed by atoms with van der Waals surface area (Å²) in [5.41, 5.74) is 1.03. The van der Waals surface area contributed by atoms with Gasteiger partial charge in [0.15, 0.2) is 0 Å². The Hall–Kier alpha value is -0.920. The van der Waals surface area contributed by atoms with Gasteiger partial charge < -0.3 is 9.30 Å². The Morgan fingerprint density at radius 3 is 2.46 bits per heavy atom. The highest BCUT2D eigenvalue weighted by Gasteiger charge is 2.43. The summed E-state index contributed by atoms with van der Waals surface area (Å²) in [5.74, 6) is 2.26. The molecule has 0 aromatic carbocycles. The zero-order valence-corrected chi connectivity index (χ0v) is 17.7. The SMILES string of the molecule is CN(Cc1cnc(S(=O)(=O)CC2CC2)n1CC1CCCO1)C(C1CC1)C1CC1. The lowest BCUT2D eigenvalue weighted by atomic mass is 10.1. The van der Waals surface area contributed by atoms with E-state index in [1.165, 1.54) is 25.7 Å². The van der Waals surface area contributed by atoms with E-state index in [0.29, 0.717) is 18.5 Å². The van der Waals surface area contributed by atoms with Gasteiger partial charge in [0.1, 0.15) is 0 Å². The maximum atomic E-state index is 13.0. The van der Waals surface area contributed by atoms with Crippen molar-refractivity contribution in [3.05, 3.63) is 11.9 Å². The zero-order chi connectivity index (χ0) is 19.3. The van der Waals surface area contributed by atoms with Gasteiger partial charge in [-0.2, -0.15) is 0 Å². The molecule has 0 spiro atoms. The molecular formula is C21H33N3O3S. The molecule has 6 nitrogen and oxygen atoms in total. The van der Waals surface area contributed by atoms with E-state index in [1.807, 2.05) is 10.8 Å². The van der Waals surface area contributed by atoms with Crippen LogP contribution in [-0.2, 0) is 27.7 Å². The molecule has 0 N–H and O–H groups in total. The molecule has 3 aliphatic carbocycles. The molecule has 4 aliphatic rings. The van der Waals surface area contributed by atoms with Gasteiger partial charge >= 0.3 is 0 Å². The summed E-state index contributed by atoms with van der Waals surface area (Å²) >= 11 is 0. The minimum Gasteiger partial charge on any atom is -0.376 e. The minimum absolute atomic E-state index is 0.107. The van der Waals surface area contributed by atoms with E-state index in [9.17, 15) is 8.42 Å². The topological polar surface area (TPSA) is 64.4 Å². The van der Waals surface area contributed by atoms with Gasteiger partial charge in [-0.05, 0) is 76.2 Å². The fraction of sp³-hybridized carbons (Fsp3) is 0.857. The maximum Gasteiger partial charge on any atom is 0.227 e. The van der Waals surface area contributed by atoms with Crippen LogP contribution in [0.5, 0.6) is 0 Å². The summed E-state index contributed by atoms with van der Waals surface area (Å²) in [7, 11) is -1.12. The fourth-order valence-electron chi connectivity index (χ4n) is 4.96. The molecule has 1 atom stereocenters. The van der Waals surface area contributed by atoms with E-state index in [4.69, 9.17) is 4.74 Å². The molecule has 1 aromatic heterocycles. The van der Waals surface area contributed by atoms with E-state index in [1.54, 1.807) is 0 Å². The van der Waals surface area contributed by atoms with Crippen molar-refractivity contribution in [2.45, 2.75) is 81.8 Å². The molecule has 2 heterocycles. The van der Waals surface area contributed by atoms with Crippen molar-refractivity contribution in [2.24, 2.45) is 17.8 Å². The van der Waals surface area contributed by atoms with Crippen molar-refractivity contribution in [1.29, 1.82) is 0 Å². The van der Waals surface area contributed by atoms with Crippen LogP contribution in [0.3, 0.4) is 0 Å². The second kappa shape index (κ2) is 7.40. The molecule has 1 aromatic rings. The van der Waals surface area contributed by atoms with E-state index >= 15 is 0 Å². The Labute approximate surface area is 168 Å². The molecular weight excluding hydrogens is 374 g/mol. The predicted octanol–water partition coefficient (Wildman–Crippen LogP) is 2.87. The minimum atomic E-state index is -3.33. The van der Waals surface area contributed by atoms with E-state index in [2.05, 4.69) is 16.9 Å². The van der Waals surface area contributed by atoms with Crippen LogP contribution in [0.1, 0.15) is 57.1 Å². The Bertz CT molecular complexity index is 791. The number of imidazole rings is 1. The third kappa shape index (κ3) is 4.17. The van der Waals surface area contributed by atoms with Crippen molar-refractivity contribution < 1.29 is 13.2 Å². The Morgan fingerprint density at radius 2 is 1.89 bits per heavy atom. The average molecular weight is 408 g/mol. The number of sulfone groups is 1. The van der Waals surface area contributed by atoms with Crippen LogP contribution >= 0.6 is 0 Å². The summed E-state index contributed by atoms with van der Waals surface area (Å²) in [5, 5.41) is 0.271. The zero-order valence-electron chi connectivity index (χ0n) is 16.9. The quantitative estimate of drug-likeness (QED) is 0.597. The number of nitrogens with zero attached hydrogens (tertiary/aromatic N) is 3. The predicted molar refractivity (Wildman–Crippen MR) is 107 cm³/mol. The highest BCUT2D eigenvalue weighted by atomic mass is 32.2. The summed E-state index contributed by atoms with van der Waals surface area (Å²) < 4.78 is 33.8. The van der Waals surface area contributed by atoms with Gasteiger partial charge in [0.05, 0.1) is 30.3 Å². The molecule has 7 heteroatoms. The Morgan fingerprint density at radius 1 is 1.18 bits per heavy atom. The standard InChI is InChI=1S/C21H33N3O3S/c1-23(20(16-6-7-16)17-8-9-17)12-18-11-22-21(28(25,26)14-15-4-5-15)24(18)13-19-3-2-10-27-19/h11,15-17,19-20H,2-10,12-14H2,1H3. The Balaban J connectivity index is 1.39. The van der Waals surface area contributed by atoms with Crippen molar-refractivity contribution in [1.82, 2.24) is 14.5 Å². The van der Waals surface area contributed by atoms with Crippen LogP contribution in [0, 0.1) is 17.8 Å². The first-order valence-corrected chi connectivity index (χ1v) is 12.8. The third-order valence-electron chi connectivity index (χ3n) is 6.87. The van der Waals surface area contributed by atoms with E-state index < -0.39 is 9.84 Å². The first-order chi connectivity index (χ1) is 13.5. The van der Waals surface area contributed by atoms with Gasteiger partial charge in [-0.3, -0.25) is 4.90 Å². The number of ether oxygens (including phenoxy) is 1. The maximum absolute atomic E-state index is 13.0. The van der Waals surface area contributed by atoms with Crippen LogP contribution in [0.2, 0.25) is 0 Å². The second-order valence-corrected chi connectivity index (χ2v) is 11.5. The number of hydrogen-bond donors (Lipinski definition) is 0. The highest BCUT2D eigenvalue weighted by Crippen LogP contribution is 2.47. The molecule has 1 aliphatic heterocycles. The van der Waals surface area contributed by atoms with E-state index in [-0.39, 0.29) is 17.0 Å². The second-order valence-electron chi connectivity index (χ2n) is 9.58. The molecule has 0 bridgehead atoms. The number of hydrogen-bond acceptors (Lipinski definition) is 5. The van der Waals surface area contributed by atoms with Gasteiger partial charge in [0, 0.05) is 19.2 Å². The first kappa shape index (κ1) is 19.1. The molecule has 4 fully saturated rings. The molecule has 3 saturated carbocycles. The summed E-state index contributed by atoms with van der Waals surface area (Å²) in [4.78, 5) is 6.90. The van der Waals surface area contributed by atoms with E-state index in [0.717, 1.165) is 56.4 Å². The normalized spacial score (nSPS) is 25.9. The van der Waals surface area contributed by atoms with Crippen molar-refractivity contribution in [3.8, 4) is 0 Å². The third-order valence-corrected chi connectivity index (χ3v) is 8.66. The van der Waals surface area contributed by atoms with Gasteiger partial charge in [-0.15, -0.1) is 0 Å². The van der Waals surface area contributed by atoms with Crippen LogP contribution in [0.25, 0.3) is 0 Å². The summed E-state index contributed by atoms with van der Waals surface area (Å²) in [6.45, 7) is 2.17. The lowest BCUT2D eigenvalue weighted by Crippen LogP contribution is -2.36. The first-order valence-electron chi connectivity index (χ1n) is 11.1. The molecule has 0 radical (unpaired) electrons. The molecule has 1 unspecified atom stereocenters. The van der Waals surface area contributed by atoms with Crippen molar-refractivity contribution >= 4 is 9.84 Å². The number of rotatable bonds is 10. The molecule has 156 valence electrons. The van der Waals surface area contributed by atoms with Gasteiger partial charge in [-0.1, -0.05) is 0 Å². The van der Waals surface area contributed by atoms with Gasteiger partial charge in [0.2, 0.25) is 15.0 Å². The van der Waals surface area contributed by atoms with Crippen LogP contribution in [0.15, 0.2) is 11.4 Å². The van der Waals surface area contributed by atoms with Crippen LogP contribution in [-0.4, -0.2) is 54.4 Å². The molecule has 0 amide bonds. The average Bonchev–Trinajstić information content (AvgIpc) is 3.57. The monoisotopic (exact) mass is 407 g/mol. The molecule has 28 heavy (non-hydrogen) atoms.